The number of aliphatic imine (C=N–C) groups is 1. The van der Waals surface area contributed by atoms with Crippen molar-refractivity contribution < 1.29 is 9.53 Å². The standard InChI is InChI=1S/C23H30N4O2.HI/c1-24-23(25-12-11-19-8-4-7-18-6-2-3-9-20(18)19)27-15-13-26(14-16-27)22(28)21-10-5-17-29-21;/h2-4,6-9,21H,5,10-17H2,1H3,(H,24,25);1H. The number of nitrogens with zero attached hydrogens (tertiary/aromatic N) is 3. The highest BCUT2D eigenvalue weighted by Gasteiger charge is 2.30. The van der Waals surface area contributed by atoms with Gasteiger partial charge in [-0.25, -0.2) is 0 Å². The third-order valence-corrected chi connectivity index (χ3v) is 5.87. The van der Waals surface area contributed by atoms with Crippen molar-refractivity contribution >= 4 is 46.6 Å². The number of carbonyl (C=O) groups excluding carboxylic acids is 1. The summed E-state index contributed by atoms with van der Waals surface area (Å²) in [6, 6.07) is 15.0. The van der Waals surface area contributed by atoms with Crippen molar-refractivity contribution in [1.82, 2.24) is 15.1 Å². The zero-order valence-corrected chi connectivity index (χ0v) is 19.9. The number of fused-ring (bicyclic) bond motifs is 1. The summed E-state index contributed by atoms with van der Waals surface area (Å²) in [5, 5.41) is 6.09. The lowest BCUT2D eigenvalue weighted by molar-refractivity contribution is -0.142. The van der Waals surface area contributed by atoms with Crippen LogP contribution in [0.15, 0.2) is 47.5 Å². The molecular weight excluding hydrogens is 491 g/mol. The van der Waals surface area contributed by atoms with Gasteiger partial charge in [-0.05, 0) is 35.6 Å². The zero-order chi connectivity index (χ0) is 20.1. The van der Waals surface area contributed by atoms with Crippen LogP contribution in [0, 0.1) is 0 Å². The summed E-state index contributed by atoms with van der Waals surface area (Å²) in [5.41, 5.74) is 1.35. The lowest BCUT2D eigenvalue weighted by Gasteiger charge is -2.37. The smallest absolute Gasteiger partial charge is 0.251 e. The number of piperazine rings is 1. The Morgan fingerprint density at radius 1 is 1.10 bits per heavy atom. The van der Waals surface area contributed by atoms with Gasteiger partial charge in [0.1, 0.15) is 6.10 Å². The van der Waals surface area contributed by atoms with Crippen molar-refractivity contribution in [3.05, 3.63) is 48.0 Å². The minimum Gasteiger partial charge on any atom is -0.368 e. The summed E-state index contributed by atoms with van der Waals surface area (Å²) >= 11 is 0. The molecule has 1 N–H and O–H groups in total. The molecule has 1 atom stereocenters. The second kappa shape index (κ2) is 10.9. The first-order valence-electron chi connectivity index (χ1n) is 10.6. The number of halogens is 1. The predicted molar refractivity (Wildman–Crippen MR) is 132 cm³/mol. The number of benzene rings is 2. The fourth-order valence-corrected chi connectivity index (χ4v) is 4.27. The highest BCUT2D eigenvalue weighted by molar-refractivity contribution is 14.0. The number of carbonyl (C=O) groups is 1. The average Bonchev–Trinajstić information content (AvgIpc) is 3.31. The molecule has 0 radical (unpaired) electrons. The van der Waals surface area contributed by atoms with Crippen LogP contribution in [-0.4, -0.2) is 74.1 Å². The summed E-state index contributed by atoms with van der Waals surface area (Å²) in [6.07, 6.45) is 2.57. The number of rotatable bonds is 4. The fraction of sp³-hybridized carbons (Fsp3) is 0.478. The first-order valence-corrected chi connectivity index (χ1v) is 10.6. The Morgan fingerprint density at radius 3 is 2.57 bits per heavy atom. The Kier molecular flexibility index (Phi) is 8.32. The van der Waals surface area contributed by atoms with E-state index in [1.165, 1.54) is 16.3 Å². The monoisotopic (exact) mass is 522 g/mol. The SMILES string of the molecule is CN=C(NCCc1cccc2ccccc12)N1CCN(C(=O)C2CCCO2)CC1.I. The van der Waals surface area contributed by atoms with E-state index in [2.05, 4.69) is 57.7 Å². The van der Waals surface area contributed by atoms with Crippen molar-refractivity contribution in [2.24, 2.45) is 4.99 Å². The summed E-state index contributed by atoms with van der Waals surface area (Å²) in [5.74, 6) is 1.07. The van der Waals surface area contributed by atoms with Crippen molar-refractivity contribution in [1.29, 1.82) is 0 Å². The van der Waals surface area contributed by atoms with Crippen LogP contribution in [0.5, 0.6) is 0 Å². The lowest BCUT2D eigenvalue weighted by atomic mass is 10.0. The lowest BCUT2D eigenvalue weighted by Crippen LogP contribution is -2.55. The van der Waals surface area contributed by atoms with E-state index in [0.717, 1.165) is 57.9 Å². The molecule has 2 aromatic carbocycles. The van der Waals surface area contributed by atoms with Gasteiger partial charge in [0.15, 0.2) is 5.96 Å². The normalized spacial score (nSPS) is 19.6. The van der Waals surface area contributed by atoms with Crippen LogP contribution in [0.1, 0.15) is 18.4 Å². The van der Waals surface area contributed by atoms with Gasteiger partial charge in [0.05, 0.1) is 0 Å². The van der Waals surface area contributed by atoms with E-state index in [0.29, 0.717) is 6.61 Å². The summed E-state index contributed by atoms with van der Waals surface area (Å²) in [7, 11) is 1.82. The van der Waals surface area contributed by atoms with Crippen LogP contribution < -0.4 is 5.32 Å². The van der Waals surface area contributed by atoms with E-state index >= 15 is 0 Å². The molecule has 4 rings (SSSR count). The molecule has 30 heavy (non-hydrogen) atoms. The second-order valence-electron chi connectivity index (χ2n) is 7.68. The fourth-order valence-electron chi connectivity index (χ4n) is 4.27. The third-order valence-electron chi connectivity index (χ3n) is 5.87. The molecule has 0 aliphatic carbocycles. The second-order valence-corrected chi connectivity index (χ2v) is 7.68. The molecule has 2 aliphatic rings. The Balaban J connectivity index is 0.00000256. The number of guanidine groups is 1. The molecule has 2 aliphatic heterocycles. The minimum atomic E-state index is -0.223. The molecule has 2 saturated heterocycles. The Bertz CT molecular complexity index is 869. The van der Waals surface area contributed by atoms with Gasteiger partial charge < -0.3 is 19.9 Å². The first kappa shape index (κ1) is 22.8. The summed E-state index contributed by atoms with van der Waals surface area (Å²) < 4.78 is 5.55. The van der Waals surface area contributed by atoms with Crippen LogP contribution in [0.25, 0.3) is 10.8 Å². The number of hydrogen-bond acceptors (Lipinski definition) is 3. The molecule has 162 valence electrons. The quantitative estimate of drug-likeness (QED) is 0.381. The molecule has 0 bridgehead atoms. The Hall–Kier alpha value is -1.87. The number of nitrogens with one attached hydrogen (secondary N) is 1. The van der Waals surface area contributed by atoms with Crippen molar-refractivity contribution in [2.45, 2.75) is 25.4 Å². The maximum absolute atomic E-state index is 12.5. The molecule has 6 nitrogen and oxygen atoms in total. The Morgan fingerprint density at radius 2 is 1.83 bits per heavy atom. The number of ether oxygens (including phenoxy) is 1. The molecule has 0 saturated carbocycles. The molecule has 0 aromatic heterocycles. The average molecular weight is 522 g/mol. The van der Waals surface area contributed by atoms with Gasteiger partial charge in [0, 0.05) is 46.4 Å². The van der Waals surface area contributed by atoms with Gasteiger partial charge in [-0.15, -0.1) is 24.0 Å². The predicted octanol–water partition coefficient (Wildman–Crippen LogP) is 2.90. The van der Waals surface area contributed by atoms with Crippen LogP contribution in [-0.2, 0) is 16.0 Å². The minimum absolute atomic E-state index is 0. The van der Waals surface area contributed by atoms with Crippen LogP contribution in [0.2, 0.25) is 0 Å². The molecule has 1 unspecified atom stereocenters. The van der Waals surface area contributed by atoms with Crippen LogP contribution in [0.3, 0.4) is 0 Å². The van der Waals surface area contributed by atoms with E-state index in [1.807, 2.05) is 11.9 Å². The maximum Gasteiger partial charge on any atom is 0.251 e. The molecular formula is C23H31IN4O2. The van der Waals surface area contributed by atoms with E-state index in [-0.39, 0.29) is 36.0 Å². The van der Waals surface area contributed by atoms with E-state index in [1.54, 1.807) is 0 Å². The van der Waals surface area contributed by atoms with Crippen molar-refractivity contribution in [3.8, 4) is 0 Å². The number of amides is 1. The van der Waals surface area contributed by atoms with Crippen LogP contribution >= 0.6 is 24.0 Å². The Labute approximate surface area is 195 Å². The topological polar surface area (TPSA) is 57.2 Å². The third kappa shape index (κ3) is 5.24. The molecule has 2 heterocycles. The maximum atomic E-state index is 12.5. The van der Waals surface area contributed by atoms with E-state index in [4.69, 9.17) is 4.74 Å². The largest absolute Gasteiger partial charge is 0.368 e. The van der Waals surface area contributed by atoms with Crippen molar-refractivity contribution in [2.75, 3.05) is 46.4 Å². The zero-order valence-electron chi connectivity index (χ0n) is 17.5. The van der Waals surface area contributed by atoms with Gasteiger partial charge in [-0.1, -0.05) is 42.5 Å². The molecule has 1 amide bonds. The van der Waals surface area contributed by atoms with Gasteiger partial charge >= 0.3 is 0 Å². The van der Waals surface area contributed by atoms with Crippen molar-refractivity contribution in [3.63, 3.8) is 0 Å². The summed E-state index contributed by atoms with van der Waals surface area (Å²) in [6.45, 7) is 4.59. The molecule has 7 heteroatoms. The van der Waals surface area contributed by atoms with E-state index in [9.17, 15) is 4.79 Å². The highest BCUT2D eigenvalue weighted by atomic mass is 127. The highest BCUT2D eigenvalue weighted by Crippen LogP contribution is 2.19. The van der Waals surface area contributed by atoms with Gasteiger partial charge in [0.2, 0.25) is 0 Å². The van der Waals surface area contributed by atoms with Gasteiger partial charge in [0.25, 0.3) is 5.91 Å². The first-order chi connectivity index (χ1) is 14.3. The molecule has 0 spiro atoms. The number of hydrogen-bond donors (Lipinski definition) is 1. The molecule has 2 fully saturated rings. The van der Waals surface area contributed by atoms with Gasteiger partial charge in [-0.3, -0.25) is 9.79 Å². The summed E-state index contributed by atoms with van der Waals surface area (Å²) in [4.78, 5) is 21.2. The van der Waals surface area contributed by atoms with Gasteiger partial charge in [-0.2, -0.15) is 0 Å². The molecule has 2 aromatic rings. The van der Waals surface area contributed by atoms with E-state index < -0.39 is 0 Å². The van der Waals surface area contributed by atoms with Crippen LogP contribution in [0.4, 0.5) is 0 Å².